The number of anilines is 1. The molecule has 0 bridgehead atoms. The molecule has 0 aliphatic carbocycles. The summed E-state index contributed by atoms with van der Waals surface area (Å²) in [5, 5.41) is 4.76. The van der Waals surface area contributed by atoms with Crippen molar-refractivity contribution in [3.05, 3.63) is 64.1 Å². The fourth-order valence-corrected chi connectivity index (χ4v) is 5.32. The molecule has 168 valence electrons. The summed E-state index contributed by atoms with van der Waals surface area (Å²) in [4.78, 5) is 34.2. The van der Waals surface area contributed by atoms with E-state index in [2.05, 4.69) is 22.0 Å². The van der Waals surface area contributed by atoms with Gasteiger partial charge in [-0.2, -0.15) is 0 Å². The van der Waals surface area contributed by atoms with E-state index in [1.807, 2.05) is 42.5 Å². The Bertz CT molecular complexity index is 1050. The number of rotatable bonds is 3. The summed E-state index contributed by atoms with van der Waals surface area (Å²) in [7, 11) is 1.74. The van der Waals surface area contributed by atoms with E-state index in [1.165, 1.54) is 4.90 Å². The van der Waals surface area contributed by atoms with Gasteiger partial charge in [0.1, 0.15) is 18.5 Å². The van der Waals surface area contributed by atoms with Crippen LogP contribution in [0.2, 0.25) is 10.0 Å². The molecule has 5 rings (SSSR count). The maximum Gasteiger partial charge on any atom is 0.328 e. The second kappa shape index (κ2) is 8.23. The number of carbonyl (C=O) groups excluding carboxylic acids is 2. The third-order valence-electron chi connectivity index (χ3n) is 6.53. The van der Waals surface area contributed by atoms with Gasteiger partial charge in [0.15, 0.2) is 0 Å². The lowest BCUT2D eigenvalue weighted by Crippen LogP contribution is -2.66. The number of benzene rings is 2. The first kappa shape index (κ1) is 21.5. The number of hydrogen-bond donors (Lipinski definition) is 1. The molecule has 2 aromatic rings. The Morgan fingerprint density at radius 3 is 2.47 bits per heavy atom. The second-order valence-electron chi connectivity index (χ2n) is 8.77. The molecule has 0 spiro atoms. The SMILES string of the molecule is CC1CN(c2ccc(Cl)cc2)C2NC3C(C(=O)N(Cc4ccccc4Cl)C(=O)N3C)N2C1. The fourth-order valence-electron chi connectivity index (χ4n) is 4.99. The Balaban J connectivity index is 1.46. The Labute approximate surface area is 197 Å². The van der Waals surface area contributed by atoms with Crippen LogP contribution in [-0.4, -0.2) is 65.3 Å². The predicted molar refractivity (Wildman–Crippen MR) is 124 cm³/mol. The van der Waals surface area contributed by atoms with Gasteiger partial charge in [-0.15, -0.1) is 0 Å². The first-order valence-electron chi connectivity index (χ1n) is 10.7. The number of nitrogens with one attached hydrogen (secondary N) is 1. The summed E-state index contributed by atoms with van der Waals surface area (Å²) >= 11 is 12.4. The number of hydrogen-bond acceptors (Lipinski definition) is 5. The standard InChI is InChI=1S/C23H25Cl2N5O2/c1-14-11-28(17-9-7-16(24)8-10-17)22-26-20-19(29(22)12-14)21(31)30(23(32)27(20)2)13-15-5-3-4-6-18(15)25/h3-10,14,19-20,22,26H,11-13H2,1-2H3. The van der Waals surface area contributed by atoms with Crippen molar-refractivity contribution in [1.82, 2.24) is 20.0 Å². The monoisotopic (exact) mass is 473 g/mol. The molecule has 3 aliphatic rings. The predicted octanol–water partition coefficient (Wildman–Crippen LogP) is 3.43. The molecule has 2 aromatic carbocycles. The van der Waals surface area contributed by atoms with E-state index in [9.17, 15) is 9.59 Å². The summed E-state index contributed by atoms with van der Waals surface area (Å²) < 4.78 is 0. The van der Waals surface area contributed by atoms with Crippen LogP contribution in [0.3, 0.4) is 0 Å². The highest BCUT2D eigenvalue weighted by molar-refractivity contribution is 6.31. The van der Waals surface area contributed by atoms with E-state index in [0.717, 1.165) is 24.3 Å². The molecule has 3 aliphatic heterocycles. The molecule has 3 saturated heterocycles. The van der Waals surface area contributed by atoms with Crippen molar-refractivity contribution < 1.29 is 9.59 Å². The van der Waals surface area contributed by atoms with Crippen LogP contribution in [0.5, 0.6) is 0 Å². The van der Waals surface area contributed by atoms with Crippen LogP contribution < -0.4 is 10.2 Å². The van der Waals surface area contributed by atoms with E-state index in [4.69, 9.17) is 23.2 Å². The zero-order valence-electron chi connectivity index (χ0n) is 17.9. The number of carbonyl (C=O) groups is 2. The average Bonchev–Trinajstić information content (AvgIpc) is 3.16. The largest absolute Gasteiger partial charge is 0.343 e. The molecular formula is C23H25Cl2N5O2. The van der Waals surface area contributed by atoms with Crippen molar-refractivity contribution in [2.75, 3.05) is 25.0 Å². The van der Waals surface area contributed by atoms with Crippen LogP contribution in [0, 0.1) is 5.92 Å². The van der Waals surface area contributed by atoms with Crippen LogP contribution in [-0.2, 0) is 11.3 Å². The molecule has 3 amide bonds. The van der Waals surface area contributed by atoms with Gasteiger partial charge in [0, 0.05) is 35.9 Å². The van der Waals surface area contributed by atoms with E-state index in [0.29, 0.717) is 16.0 Å². The van der Waals surface area contributed by atoms with Crippen molar-refractivity contribution >= 4 is 40.8 Å². The quantitative estimate of drug-likeness (QED) is 0.739. The van der Waals surface area contributed by atoms with Crippen molar-refractivity contribution in [3.63, 3.8) is 0 Å². The van der Waals surface area contributed by atoms with Gasteiger partial charge in [-0.25, -0.2) is 4.79 Å². The van der Waals surface area contributed by atoms with E-state index < -0.39 is 12.2 Å². The highest BCUT2D eigenvalue weighted by Gasteiger charge is 2.56. The van der Waals surface area contributed by atoms with Gasteiger partial charge < -0.3 is 9.80 Å². The minimum atomic E-state index is -0.470. The van der Waals surface area contributed by atoms with E-state index in [-0.39, 0.29) is 24.8 Å². The molecule has 9 heteroatoms. The molecule has 3 fully saturated rings. The number of imide groups is 1. The molecule has 3 heterocycles. The van der Waals surface area contributed by atoms with Crippen LogP contribution >= 0.6 is 23.2 Å². The van der Waals surface area contributed by atoms with E-state index >= 15 is 0 Å². The van der Waals surface area contributed by atoms with Crippen molar-refractivity contribution in [2.24, 2.45) is 5.92 Å². The van der Waals surface area contributed by atoms with Gasteiger partial charge in [0.2, 0.25) is 0 Å². The summed E-state index contributed by atoms with van der Waals surface area (Å²) in [6, 6.07) is 14.2. The van der Waals surface area contributed by atoms with E-state index in [1.54, 1.807) is 18.0 Å². The lowest BCUT2D eigenvalue weighted by atomic mass is 10.0. The Morgan fingerprint density at radius 1 is 1.03 bits per heavy atom. The van der Waals surface area contributed by atoms with Crippen molar-refractivity contribution in [2.45, 2.75) is 32.0 Å². The minimum Gasteiger partial charge on any atom is -0.343 e. The number of amides is 3. The molecule has 0 saturated carbocycles. The van der Waals surface area contributed by atoms with Gasteiger partial charge in [-0.3, -0.25) is 19.9 Å². The van der Waals surface area contributed by atoms with Crippen molar-refractivity contribution in [1.29, 1.82) is 0 Å². The average molecular weight is 474 g/mol. The topological polar surface area (TPSA) is 59.1 Å². The lowest BCUT2D eigenvalue weighted by Gasteiger charge is -2.46. The summed E-state index contributed by atoms with van der Waals surface area (Å²) in [5.41, 5.74) is 1.77. The third kappa shape index (κ3) is 3.53. The molecular weight excluding hydrogens is 449 g/mol. The Hall–Kier alpha value is -2.32. The van der Waals surface area contributed by atoms with Crippen molar-refractivity contribution in [3.8, 4) is 0 Å². The number of fused-ring (bicyclic) bond motifs is 3. The normalized spacial score (nSPS) is 28.2. The molecule has 4 unspecified atom stereocenters. The van der Waals surface area contributed by atoms with Gasteiger partial charge >= 0.3 is 6.03 Å². The Kier molecular flexibility index (Phi) is 5.53. The van der Waals surface area contributed by atoms with Gasteiger partial charge in [0.05, 0.1) is 6.54 Å². The van der Waals surface area contributed by atoms with Gasteiger partial charge in [0.25, 0.3) is 5.91 Å². The van der Waals surface area contributed by atoms with Gasteiger partial charge in [-0.1, -0.05) is 48.3 Å². The number of nitrogens with zero attached hydrogens (tertiary/aromatic N) is 4. The highest BCUT2D eigenvalue weighted by Crippen LogP contribution is 2.35. The second-order valence-corrected chi connectivity index (χ2v) is 9.61. The van der Waals surface area contributed by atoms with Crippen LogP contribution in [0.25, 0.3) is 0 Å². The van der Waals surface area contributed by atoms with Gasteiger partial charge in [-0.05, 0) is 41.8 Å². The zero-order chi connectivity index (χ0) is 22.6. The summed E-state index contributed by atoms with van der Waals surface area (Å²) in [5.74, 6) is 0.147. The molecule has 7 nitrogen and oxygen atoms in total. The van der Waals surface area contributed by atoms with Crippen LogP contribution in [0.4, 0.5) is 10.5 Å². The number of urea groups is 1. The molecule has 0 aromatic heterocycles. The maximum atomic E-state index is 13.6. The third-order valence-corrected chi connectivity index (χ3v) is 7.15. The number of likely N-dealkylation sites (N-methyl/N-ethyl adjacent to an activating group) is 1. The molecule has 0 radical (unpaired) electrons. The zero-order valence-corrected chi connectivity index (χ0v) is 19.4. The smallest absolute Gasteiger partial charge is 0.328 e. The molecule has 1 N–H and O–H groups in total. The Morgan fingerprint density at radius 2 is 1.75 bits per heavy atom. The summed E-state index contributed by atoms with van der Waals surface area (Å²) in [6.45, 7) is 3.93. The summed E-state index contributed by atoms with van der Waals surface area (Å²) in [6.07, 6.45) is -0.593. The maximum absolute atomic E-state index is 13.6. The highest BCUT2D eigenvalue weighted by atomic mass is 35.5. The minimum absolute atomic E-state index is 0.153. The van der Waals surface area contributed by atoms with Crippen LogP contribution in [0.15, 0.2) is 48.5 Å². The number of halogens is 2. The first-order valence-corrected chi connectivity index (χ1v) is 11.5. The fraction of sp³-hybridized carbons (Fsp3) is 0.391. The van der Waals surface area contributed by atoms with Crippen LogP contribution in [0.1, 0.15) is 12.5 Å². The molecule has 32 heavy (non-hydrogen) atoms. The lowest BCUT2D eigenvalue weighted by molar-refractivity contribution is -0.139. The molecule has 4 atom stereocenters. The first-order chi connectivity index (χ1) is 15.3.